The van der Waals surface area contributed by atoms with Gasteiger partial charge in [-0.05, 0) is 62.5 Å². The van der Waals surface area contributed by atoms with Gasteiger partial charge >= 0.3 is 0 Å². The first-order valence-corrected chi connectivity index (χ1v) is 12.5. The molecule has 37 heavy (non-hydrogen) atoms. The predicted octanol–water partition coefficient (Wildman–Crippen LogP) is 9.15. The highest BCUT2D eigenvalue weighted by molar-refractivity contribution is 6.38. The second kappa shape index (κ2) is 7.66. The molecule has 0 radical (unpaired) electrons. The van der Waals surface area contributed by atoms with Crippen LogP contribution in [0.15, 0.2) is 108 Å². The Bertz CT molecular complexity index is 2120. The van der Waals surface area contributed by atoms with Gasteiger partial charge in [-0.15, -0.1) is 0 Å². The Labute approximate surface area is 216 Å². The molecular formula is C32H18ClN3O. The van der Waals surface area contributed by atoms with Gasteiger partial charge in [-0.25, -0.2) is 0 Å². The van der Waals surface area contributed by atoms with Gasteiger partial charge in [0, 0.05) is 22.5 Å². The van der Waals surface area contributed by atoms with Crippen LogP contribution in [0.1, 0.15) is 0 Å². The summed E-state index contributed by atoms with van der Waals surface area (Å²) in [6.07, 6.45) is 3.68. The largest absolute Gasteiger partial charge is 0.456 e. The van der Waals surface area contributed by atoms with Crippen molar-refractivity contribution in [2.24, 2.45) is 0 Å². The number of nitrogens with one attached hydrogen (secondary N) is 1. The van der Waals surface area contributed by atoms with Gasteiger partial charge in [0.05, 0.1) is 16.7 Å². The maximum absolute atomic E-state index is 6.93. The number of aromatic amines is 1. The van der Waals surface area contributed by atoms with Crippen LogP contribution in [0, 0.1) is 0 Å². The smallest absolute Gasteiger partial charge is 0.137 e. The third-order valence-corrected chi connectivity index (χ3v) is 7.53. The van der Waals surface area contributed by atoms with Crippen LogP contribution in [-0.4, -0.2) is 15.2 Å². The minimum Gasteiger partial charge on any atom is -0.456 e. The molecule has 3 heterocycles. The van der Waals surface area contributed by atoms with Crippen molar-refractivity contribution in [3.8, 4) is 22.3 Å². The van der Waals surface area contributed by atoms with E-state index in [0.717, 1.165) is 76.8 Å². The number of halogens is 1. The average molecular weight is 496 g/mol. The van der Waals surface area contributed by atoms with Crippen LogP contribution < -0.4 is 0 Å². The van der Waals surface area contributed by atoms with Gasteiger partial charge in [0.15, 0.2) is 0 Å². The zero-order chi connectivity index (χ0) is 24.5. The summed E-state index contributed by atoms with van der Waals surface area (Å²) >= 11 is 6.93. The molecule has 0 bridgehead atoms. The highest BCUT2D eigenvalue weighted by Crippen LogP contribution is 2.46. The number of H-pyrrole nitrogens is 1. The monoisotopic (exact) mass is 495 g/mol. The quantitative estimate of drug-likeness (QED) is 0.243. The fourth-order valence-corrected chi connectivity index (χ4v) is 5.98. The molecule has 0 aliphatic heterocycles. The van der Waals surface area contributed by atoms with Crippen LogP contribution in [0.3, 0.4) is 0 Å². The standard InChI is InChI=1S/C32H18ClN3O/c33-25-13-18(15-29-32(25)24-11-5-6-12-28(24)37-29)30-20-7-1-3-9-22(20)31(23-10-4-2-8-21(23)30)19-14-26-27(34-16-19)17-35-36-26/h1-17H,(H,35,36). The Kier molecular flexibility index (Phi) is 4.25. The van der Waals surface area contributed by atoms with E-state index in [-0.39, 0.29) is 0 Å². The second-order valence-electron chi connectivity index (χ2n) is 9.30. The van der Waals surface area contributed by atoms with Gasteiger partial charge in [-0.2, -0.15) is 5.10 Å². The van der Waals surface area contributed by atoms with Crippen LogP contribution in [0.25, 0.3) is 76.8 Å². The number of furan rings is 1. The summed E-state index contributed by atoms with van der Waals surface area (Å²) in [6.45, 7) is 0. The minimum atomic E-state index is 0.684. The molecule has 4 nitrogen and oxygen atoms in total. The number of aromatic nitrogens is 3. The zero-order valence-electron chi connectivity index (χ0n) is 19.5. The van der Waals surface area contributed by atoms with Gasteiger partial charge in [0.25, 0.3) is 0 Å². The number of nitrogens with zero attached hydrogens (tertiary/aromatic N) is 2. The first-order chi connectivity index (χ1) is 18.3. The van der Waals surface area contributed by atoms with Crippen molar-refractivity contribution in [2.45, 2.75) is 0 Å². The summed E-state index contributed by atoms with van der Waals surface area (Å²) < 4.78 is 6.24. The third kappa shape index (κ3) is 2.97. The van der Waals surface area contributed by atoms with Crippen LogP contribution in [0.2, 0.25) is 5.02 Å². The Morgan fingerprint density at radius 1 is 0.622 bits per heavy atom. The average Bonchev–Trinajstić information content (AvgIpc) is 3.55. The number of rotatable bonds is 2. The Morgan fingerprint density at radius 3 is 1.95 bits per heavy atom. The van der Waals surface area contributed by atoms with Gasteiger partial charge in [-0.3, -0.25) is 10.1 Å². The SMILES string of the molecule is Clc1cc(-c2c3ccccc3c(-c3cnc4cn[nH]c4c3)c3ccccc23)cc2oc3ccccc3c12. The Balaban J connectivity index is 1.50. The Hall–Kier alpha value is -4.67. The van der Waals surface area contributed by atoms with E-state index in [1.165, 1.54) is 0 Å². The molecule has 5 aromatic carbocycles. The lowest BCUT2D eigenvalue weighted by Crippen LogP contribution is -1.91. The molecule has 0 aliphatic carbocycles. The predicted molar refractivity (Wildman–Crippen MR) is 152 cm³/mol. The van der Waals surface area contributed by atoms with Crippen LogP contribution in [-0.2, 0) is 0 Å². The van der Waals surface area contributed by atoms with E-state index in [9.17, 15) is 0 Å². The lowest BCUT2D eigenvalue weighted by molar-refractivity contribution is 0.669. The summed E-state index contributed by atoms with van der Waals surface area (Å²) in [5.41, 5.74) is 7.74. The van der Waals surface area contributed by atoms with E-state index < -0.39 is 0 Å². The molecule has 0 fully saturated rings. The topological polar surface area (TPSA) is 54.7 Å². The summed E-state index contributed by atoms with van der Waals surface area (Å²) in [7, 11) is 0. The summed E-state index contributed by atoms with van der Waals surface area (Å²) in [6, 6.07) is 31.4. The van der Waals surface area contributed by atoms with E-state index in [0.29, 0.717) is 5.02 Å². The molecule has 1 N–H and O–H groups in total. The molecule has 8 rings (SSSR count). The maximum Gasteiger partial charge on any atom is 0.137 e. The van der Waals surface area contributed by atoms with E-state index in [1.807, 2.05) is 24.4 Å². The van der Waals surface area contributed by atoms with Crippen molar-refractivity contribution in [3.05, 3.63) is 108 Å². The number of benzene rings is 5. The Morgan fingerprint density at radius 2 is 1.24 bits per heavy atom. The van der Waals surface area contributed by atoms with Crippen molar-refractivity contribution < 1.29 is 4.42 Å². The van der Waals surface area contributed by atoms with Crippen molar-refractivity contribution in [1.29, 1.82) is 0 Å². The van der Waals surface area contributed by atoms with Crippen LogP contribution >= 0.6 is 11.6 Å². The molecule has 3 aromatic heterocycles. The number of hydrogen-bond donors (Lipinski definition) is 1. The fraction of sp³-hybridized carbons (Fsp3) is 0. The number of hydrogen-bond acceptors (Lipinski definition) is 3. The van der Waals surface area contributed by atoms with Gasteiger partial charge < -0.3 is 4.42 Å². The van der Waals surface area contributed by atoms with E-state index in [2.05, 4.69) is 88.0 Å². The van der Waals surface area contributed by atoms with Crippen molar-refractivity contribution in [2.75, 3.05) is 0 Å². The van der Waals surface area contributed by atoms with Gasteiger partial charge in [-0.1, -0.05) is 78.3 Å². The lowest BCUT2D eigenvalue weighted by Gasteiger charge is -2.17. The summed E-state index contributed by atoms with van der Waals surface area (Å²) in [4.78, 5) is 4.65. The van der Waals surface area contributed by atoms with E-state index >= 15 is 0 Å². The van der Waals surface area contributed by atoms with Crippen LogP contribution in [0.4, 0.5) is 0 Å². The molecule has 0 spiro atoms. The molecule has 174 valence electrons. The van der Waals surface area contributed by atoms with Crippen molar-refractivity contribution in [3.63, 3.8) is 0 Å². The van der Waals surface area contributed by atoms with Gasteiger partial charge in [0.1, 0.15) is 16.7 Å². The lowest BCUT2D eigenvalue weighted by atomic mass is 9.86. The maximum atomic E-state index is 6.93. The zero-order valence-corrected chi connectivity index (χ0v) is 20.3. The first-order valence-electron chi connectivity index (χ1n) is 12.1. The first kappa shape index (κ1) is 20.5. The highest BCUT2D eigenvalue weighted by Gasteiger charge is 2.19. The number of fused-ring (bicyclic) bond motifs is 6. The number of para-hydroxylation sites is 1. The summed E-state index contributed by atoms with van der Waals surface area (Å²) in [5.74, 6) is 0. The summed E-state index contributed by atoms with van der Waals surface area (Å²) in [5, 5.41) is 14.5. The molecule has 0 saturated heterocycles. The second-order valence-corrected chi connectivity index (χ2v) is 9.70. The van der Waals surface area contributed by atoms with Gasteiger partial charge in [0.2, 0.25) is 0 Å². The molecule has 5 heteroatoms. The number of pyridine rings is 1. The van der Waals surface area contributed by atoms with E-state index in [1.54, 1.807) is 6.20 Å². The molecule has 0 aliphatic rings. The normalized spacial score (nSPS) is 11.9. The van der Waals surface area contributed by atoms with Crippen molar-refractivity contribution >= 4 is 66.1 Å². The van der Waals surface area contributed by atoms with Crippen molar-refractivity contribution in [1.82, 2.24) is 15.2 Å². The molecule has 0 unspecified atom stereocenters. The minimum absolute atomic E-state index is 0.684. The molecule has 8 aromatic rings. The highest BCUT2D eigenvalue weighted by atomic mass is 35.5. The fourth-order valence-electron chi connectivity index (χ4n) is 5.67. The molecular weight excluding hydrogens is 478 g/mol. The molecule has 0 saturated carbocycles. The third-order valence-electron chi connectivity index (χ3n) is 7.23. The molecule has 0 atom stereocenters. The molecule has 0 amide bonds. The van der Waals surface area contributed by atoms with Crippen LogP contribution in [0.5, 0.6) is 0 Å². The van der Waals surface area contributed by atoms with E-state index in [4.69, 9.17) is 16.0 Å².